The minimum absolute atomic E-state index is 0.167. The maximum atomic E-state index is 14.0. The van der Waals surface area contributed by atoms with Crippen LogP contribution in [0.15, 0.2) is 48.1 Å². The van der Waals surface area contributed by atoms with Crippen molar-refractivity contribution in [3.05, 3.63) is 65.0 Å². The van der Waals surface area contributed by atoms with E-state index >= 15 is 0 Å². The molecule has 0 spiro atoms. The number of nitrogens with zero attached hydrogens (tertiary/aromatic N) is 2. The first kappa shape index (κ1) is 13.5. The van der Waals surface area contributed by atoms with Crippen LogP contribution < -0.4 is 5.73 Å². The molecule has 2 heterocycles. The molecule has 0 fully saturated rings. The number of halogens is 1. The van der Waals surface area contributed by atoms with Gasteiger partial charge in [0.15, 0.2) is 0 Å². The van der Waals surface area contributed by atoms with Gasteiger partial charge in [0.05, 0.1) is 11.4 Å². The molecule has 1 amide bonds. The number of hydrogen-bond acceptors (Lipinski definition) is 3. The van der Waals surface area contributed by atoms with Crippen molar-refractivity contribution in [2.45, 2.75) is 6.54 Å². The summed E-state index contributed by atoms with van der Waals surface area (Å²) in [6, 6.07) is 8.19. The first-order valence-corrected chi connectivity index (χ1v) is 7.16. The van der Waals surface area contributed by atoms with Gasteiger partial charge in [0.25, 0.3) is 0 Å². The fourth-order valence-corrected chi connectivity index (χ4v) is 2.82. The molecule has 2 aromatic heterocycles. The fourth-order valence-electron chi connectivity index (χ4n) is 2.08. The molecule has 0 aliphatic heterocycles. The van der Waals surface area contributed by atoms with Crippen LogP contribution in [0.3, 0.4) is 0 Å². The lowest BCUT2D eigenvalue weighted by Gasteiger charge is -2.08. The predicted octanol–water partition coefficient (Wildman–Crippen LogP) is 2.90. The summed E-state index contributed by atoms with van der Waals surface area (Å²) >= 11 is 1.58. The Morgan fingerprint density at radius 3 is 2.90 bits per heavy atom. The molecule has 0 unspecified atom stereocenters. The van der Waals surface area contributed by atoms with Crippen molar-refractivity contribution < 1.29 is 9.18 Å². The van der Waals surface area contributed by atoms with Crippen molar-refractivity contribution in [1.82, 2.24) is 9.55 Å². The minimum atomic E-state index is -0.637. The van der Waals surface area contributed by atoms with Gasteiger partial charge in [0.1, 0.15) is 11.6 Å². The van der Waals surface area contributed by atoms with Gasteiger partial charge < -0.3 is 10.3 Å². The van der Waals surface area contributed by atoms with Gasteiger partial charge in [-0.1, -0.05) is 12.1 Å². The average Bonchev–Trinajstić information content (AvgIpc) is 3.11. The minimum Gasteiger partial charge on any atom is -0.366 e. The molecule has 0 saturated heterocycles. The third-order valence-electron chi connectivity index (χ3n) is 3.14. The first-order valence-electron chi connectivity index (χ1n) is 6.28. The van der Waals surface area contributed by atoms with Gasteiger partial charge in [0.2, 0.25) is 5.91 Å². The van der Waals surface area contributed by atoms with E-state index in [1.807, 2.05) is 22.1 Å². The van der Waals surface area contributed by atoms with Crippen LogP contribution in [0.25, 0.3) is 10.7 Å². The number of rotatable bonds is 4. The molecular weight excluding hydrogens is 289 g/mol. The summed E-state index contributed by atoms with van der Waals surface area (Å²) in [5, 5.41) is 1.97. The van der Waals surface area contributed by atoms with Crippen LogP contribution in [0.5, 0.6) is 0 Å². The fraction of sp³-hybridized carbons (Fsp3) is 0.0667. The standard InChI is InChI=1S/C15H12FN3OS/c16-12-8-10(14(17)20)3-4-11(12)9-19-6-5-18-15(19)13-2-1-7-21-13/h1-8H,9H2,(H2,17,20). The van der Waals surface area contributed by atoms with Gasteiger partial charge in [-0.25, -0.2) is 9.37 Å². The van der Waals surface area contributed by atoms with E-state index in [2.05, 4.69) is 4.98 Å². The number of amides is 1. The van der Waals surface area contributed by atoms with Crippen LogP contribution in [0.2, 0.25) is 0 Å². The third kappa shape index (κ3) is 2.71. The number of imidazole rings is 1. The van der Waals surface area contributed by atoms with Crippen molar-refractivity contribution in [2.75, 3.05) is 0 Å². The Kier molecular flexibility index (Phi) is 3.53. The zero-order valence-electron chi connectivity index (χ0n) is 11.0. The maximum absolute atomic E-state index is 14.0. The van der Waals surface area contributed by atoms with E-state index < -0.39 is 11.7 Å². The van der Waals surface area contributed by atoms with E-state index in [0.29, 0.717) is 12.1 Å². The number of carbonyl (C=O) groups is 1. The molecule has 21 heavy (non-hydrogen) atoms. The van der Waals surface area contributed by atoms with Crippen LogP contribution in [0.4, 0.5) is 4.39 Å². The number of aromatic nitrogens is 2. The average molecular weight is 301 g/mol. The second-order valence-electron chi connectivity index (χ2n) is 4.53. The van der Waals surface area contributed by atoms with E-state index in [9.17, 15) is 9.18 Å². The van der Waals surface area contributed by atoms with Gasteiger partial charge in [-0.3, -0.25) is 4.79 Å². The maximum Gasteiger partial charge on any atom is 0.248 e. The van der Waals surface area contributed by atoms with Gasteiger partial charge in [0, 0.05) is 23.5 Å². The summed E-state index contributed by atoms with van der Waals surface area (Å²) in [4.78, 5) is 16.4. The zero-order chi connectivity index (χ0) is 14.8. The second-order valence-corrected chi connectivity index (χ2v) is 5.47. The highest BCUT2D eigenvalue weighted by atomic mass is 32.1. The van der Waals surface area contributed by atoms with Crippen molar-refractivity contribution >= 4 is 17.2 Å². The van der Waals surface area contributed by atoms with E-state index in [1.165, 1.54) is 12.1 Å². The number of thiophene rings is 1. The summed E-state index contributed by atoms with van der Waals surface area (Å²) in [5.41, 5.74) is 5.79. The molecule has 0 radical (unpaired) electrons. The molecule has 0 bridgehead atoms. The topological polar surface area (TPSA) is 60.9 Å². The second kappa shape index (κ2) is 5.49. The molecule has 0 atom stereocenters. The molecule has 3 rings (SSSR count). The van der Waals surface area contributed by atoms with Gasteiger partial charge in [-0.15, -0.1) is 11.3 Å². The van der Waals surface area contributed by atoms with Crippen molar-refractivity contribution in [2.24, 2.45) is 5.73 Å². The number of carbonyl (C=O) groups excluding carboxylic acids is 1. The number of nitrogens with two attached hydrogens (primary N) is 1. The van der Waals surface area contributed by atoms with Gasteiger partial charge in [-0.2, -0.15) is 0 Å². The van der Waals surface area contributed by atoms with Crippen LogP contribution in [0, 0.1) is 5.82 Å². The lowest BCUT2D eigenvalue weighted by Crippen LogP contribution is -2.12. The molecule has 0 aliphatic carbocycles. The Balaban J connectivity index is 1.91. The molecular formula is C15H12FN3OS. The Bertz CT molecular complexity index is 780. The lowest BCUT2D eigenvalue weighted by atomic mass is 10.1. The molecule has 1 aromatic carbocycles. The first-order chi connectivity index (χ1) is 10.1. The van der Waals surface area contributed by atoms with E-state index in [1.54, 1.807) is 29.8 Å². The number of hydrogen-bond donors (Lipinski definition) is 1. The Labute approximate surface area is 124 Å². The molecule has 6 heteroatoms. The van der Waals surface area contributed by atoms with Crippen molar-refractivity contribution in [3.63, 3.8) is 0 Å². The van der Waals surface area contributed by atoms with Crippen LogP contribution >= 0.6 is 11.3 Å². The number of primary amides is 1. The normalized spacial score (nSPS) is 10.7. The third-order valence-corrected chi connectivity index (χ3v) is 4.00. The SMILES string of the molecule is NC(=O)c1ccc(Cn2ccnc2-c2cccs2)c(F)c1. The quantitative estimate of drug-likeness (QED) is 0.805. The summed E-state index contributed by atoms with van der Waals surface area (Å²) < 4.78 is 15.9. The predicted molar refractivity (Wildman–Crippen MR) is 79.6 cm³/mol. The molecule has 0 saturated carbocycles. The van der Waals surface area contributed by atoms with E-state index in [0.717, 1.165) is 10.7 Å². The molecule has 3 aromatic rings. The van der Waals surface area contributed by atoms with Gasteiger partial charge >= 0.3 is 0 Å². The van der Waals surface area contributed by atoms with Gasteiger partial charge in [-0.05, 0) is 23.6 Å². The Hall–Kier alpha value is -2.47. The molecule has 0 aliphatic rings. The molecule has 4 nitrogen and oxygen atoms in total. The zero-order valence-corrected chi connectivity index (χ0v) is 11.8. The highest BCUT2D eigenvalue weighted by molar-refractivity contribution is 7.13. The summed E-state index contributed by atoms with van der Waals surface area (Å²) in [6.45, 7) is 0.345. The highest BCUT2D eigenvalue weighted by Gasteiger charge is 2.11. The van der Waals surface area contributed by atoms with Crippen molar-refractivity contribution in [1.29, 1.82) is 0 Å². The largest absolute Gasteiger partial charge is 0.366 e. The molecule has 106 valence electrons. The van der Waals surface area contributed by atoms with Crippen LogP contribution in [-0.4, -0.2) is 15.5 Å². The Morgan fingerprint density at radius 2 is 2.24 bits per heavy atom. The Morgan fingerprint density at radius 1 is 1.38 bits per heavy atom. The monoisotopic (exact) mass is 301 g/mol. The molecule has 2 N–H and O–H groups in total. The van der Waals surface area contributed by atoms with Crippen molar-refractivity contribution in [3.8, 4) is 10.7 Å². The summed E-state index contributed by atoms with van der Waals surface area (Å²) in [7, 11) is 0. The summed E-state index contributed by atoms with van der Waals surface area (Å²) in [5.74, 6) is -0.289. The smallest absolute Gasteiger partial charge is 0.248 e. The summed E-state index contributed by atoms with van der Waals surface area (Å²) in [6.07, 6.45) is 3.49. The lowest BCUT2D eigenvalue weighted by molar-refractivity contribution is 0.1000. The van der Waals surface area contributed by atoms with Crippen LogP contribution in [-0.2, 0) is 6.54 Å². The highest BCUT2D eigenvalue weighted by Crippen LogP contribution is 2.24. The van der Waals surface area contributed by atoms with Crippen LogP contribution in [0.1, 0.15) is 15.9 Å². The van der Waals surface area contributed by atoms with E-state index in [-0.39, 0.29) is 5.56 Å². The number of benzene rings is 1. The van der Waals surface area contributed by atoms with E-state index in [4.69, 9.17) is 5.73 Å².